The van der Waals surface area contributed by atoms with Gasteiger partial charge in [-0.05, 0) is 38.4 Å². The molecule has 0 aromatic carbocycles. The monoisotopic (exact) mass is 312 g/mol. The number of hydrogen-bond acceptors (Lipinski definition) is 3. The summed E-state index contributed by atoms with van der Waals surface area (Å²) in [4.78, 5) is 27.4. The number of carboxylic acids is 1. The molecule has 2 fully saturated rings. The van der Waals surface area contributed by atoms with Gasteiger partial charge >= 0.3 is 5.97 Å². The highest BCUT2D eigenvalue weighted by molar-refractivity contribution is 7.80. The lowest BCUT2D eigenvalue weighted by Gasteiger charge is -2.32. The fraction of sp³-hybridized carbons (Fsp3) is 0.800. The molecule has 0 radical (unpaired) electrons. The van der Waals surface area contributed by atoms with Crippen LogP contribution in [0.15, 0.2) is 0 Å². The van der Waals surface area contributed by atoms with Crippen molar-refractivity contribution in [3.63, 3.8) is 0 Å². The molecule has 1 amide bonds. The van der Waals surface area contributed by atoms with E-state index in [-0.39, 0.29) is 11.9 Å². The number of hydrogen-bond donors (Lipinski definition) is 1. The van der Waals surface area contributed by atoms with Gasteiger partial charge in [-0.25, -0.2) is 4.79 Å². The van der Waals surface area contributed by atoms with Crippen LogP contribution in [0, 0.1) is 0 Å². The maximum Gasteiger partial charge on any atom is 0.326 e. The molecule has 2 aliphatic rings. The molecule has 0 spiro atoms. The number of carbonyl (C=O) groups is 2. The van der Waals surface area contributed by atoms with Crippen LogP contribution in [0.1, 0.15) is 58.8 Å². The number of amides is 1. The number of rotatable bonds is 5. The van der Waals surface area contributed by atoms with Crippen molar-refractivity contribution in [3.8, 4) is 0 Å². The molecule has 1 aliphatic heterocycles. The maximum atomic E-state index is 12.7. The summed E-state index contributed by atoms with van der Waals surface area (Å²) >= 11 is 5.47. The van der Waals surface area contributed by atoms with Crippen LogP contribution in [0.4, 0.5) is 0 Å². The van der Waals surface area contributed by atoms with Gasteiger partial charge in [0.2, 0.25) is 0 Å². The van der Waals surface area contributed by atoms with E-state index in [4.69, 9.17) is 12.2 Å². The van der Waals surface area contributed by atoms with Crippen molar-refractivity contribution in [2.45, 2.75) is 76.9 Å². The highest BCUT2D eigenvalue weighted by Gasteiger charge is 2.47. The Kier molecular flexibility index (Phi) is 5.19. The van der Waals surface area contributed by atoms with Crippen LogP contribution in [0.25, 0.3) is 0 Å². The lowest BCUT2D eigenvalue weighted by atomic mass is 9.94. The molecule has 1 saturated carbocycles. The first kappa shape index (κ1) is 16.2. The minimum atomic E-state index is -0.934. The first-order chi connectivity index (χ1) is 9.99. The molecule has 0 aromatic rings. The molecular formula is C15H24N2O3S. The van der Waals surface area contributed by atoms with Crippen LogP contribution in [0.3, 0.4) is 0 Å². The third kappa shape index (κ3) is 3.05. The Morgan fingerprint density at radius 2 is 2.00 bits per heavy atom. The van der Waals surface area contributed by atoms with Crippen LogP contribution in [-0.4, -0.2) is 50.0 Å². The Morgan fingerprint density at radius 1 is 1.38 bits per heavy atom. The van der Waals surface area contributed by atoms with Gasteiger partial charge in [-0.15, -0.1) is 0 Å². The molecular weight excluding hydrogens is 288 g/mol. The Balaban J connectivity index is 2.25. The van der Waals surface area contributed by atoms with Crippen molar-refractivity contribution in [2.75, 3.05) is 0 Å². The summed E-state index contributed by atoms with van der Waals surface area (Å²) in [5.74, 6) is -0.932. The standard InChI is InChI=1S/C15H24N2O3S/c1-3-7-12-13(18)17(11-8-5-4-6-9-11)15(21)16(12)10(2)14(19)20/h10-12H,3-9H2,1-2H3,(H,19,20)/t10-,12-/m0/s1. The zero-order valence-electron chi connectivity index (χ0n) is 12.7. The van der Waals surface area contributed by atoms with Gasteiger partial charge < -0.3 is 10.0 Å². The predicted octanol–water partition coefficient (Wildman–Crippen LogP) is 2.39. The van der Waals surface area contributed by atoms with Gasteiger partial charge in [0.15, 0.2) is 5.11 Å². The second-order valence-corrected chi connectivity index (χ2v) is 6.37. The minimum absolute atomic E-state index is 0.00171. The molecule has 0 aromatic heterocycles. The third-order valence-electron chi connectivity index (χ3n) is 4.56. The molecule has 21 heavy (non-hydrogen) atoms. The summed E-state index contributed by atoms with van der Waals surface area (Å²) in [6.45, 7) is 3.61. The molecule has 5 nitrogen and oxygen atoms in total. The summed E-state index contributed by atoms with van der Waals surface area (Å²) in [7, 11) is 0. The van der Waals surface area contributed by atoms with Crippen LogP contribution >= 0.6 is 12.2 Å². The molecule has 118 valence electrons. The van der Waals surface area contributed by atoms with Crippen LogP contribution in [-0.2, 0) is 9.59 Å². The van der Waals surface area contributed by atoms with E-state index in [2.05, 4.69) is 0 Å². The summed E-state index contributed by atoms with van der Waals surface area (Å²) in [5.41, 5.74) is 0. The summed E-state index contributed by atoms with van der Waals surface area (Å²) < 4.78 is 0. The lowest BCUT2D eigenvalue weighted by Crippen LogP contribution is -2.46. The molecule has 0 unspecified atom stereocenters. The largest absolute Gasteiger partial charge is 0.480 e. The number of aliphatic carboxylic acids is 1. The van der Waals surface area contributed by atoms with E-state index in [0.29, 0.717) is 11.5 Å². The first-order valence-corrected chi connectivity index (χ1v) is 8.28. The Hall–Kier alpha value is -1.17. The van der Waals surface area contributed by atoms with Crippen molar-refractivity contribution in [3.05, 3.63) is 0 Å². The normalized spacial score (nSPS) is 25.5. The highest BCUT2D eigenvalue weighted by atomic mass is 32.1. The second kappa shape index (κ2) is 6.73. The molecule has 6 heteroatoms. The van der Waals surface area contributed by atoms with E-state index in [0.717, 1.165) is 32.1 Å². The molecule has 2 rings (SSSR count). The van der Waals surface area contributed by atoms with Crippen molar-refractivity contribution >= 4 is 29.2 Å². The first-order valence-electron chi connectivity index (χ1n) is 7.87. The van der Waals surface area contributed by atoms with E-state index in [1.165, 1.54) is 6.42 Å². The zero-order chi connectivity index (χ0) is 15.6. The molecule has 1 aliphatic carbocycles. The Morgan fingerprint density at radius 3 is 2.52 bits per heavy atom. The number of nitrogens with zero attached hydrogens (tertiary/aromatic N) is 2. The Bertz CT molecular complexity index is 435. The summed E-state index contributed by atoms with van der Waals surface area (Å²) in [5, 5.41) is 9.71. The van der Waals surface area contributed by atoms with E-state index in [1.54, 1.807) is 16.7 Å². The third-order valence-corrected chi connectivity index (χ3v) is 4.97. The lowest BCUT2D eigenvalue weighted by molar-refractivity contribution is -0.142. The van der Waals surface area contributed by atoms with E-state index in [9.17, 15) is 14.7 Å². The van der Waals surface area contributed by atoms with Gasteiger partial charge in [0, 0.05) is 6.04 Å². The number of carbonyl (C=O) groups excluding carboxylic acids is 1. The van der Waals surface area contributed by atoms with Gasteiger partial charge in [-0.2, -0.15) is 0 Å². The zero-order valence-corrected chi connectivity index (χ0v) is 13.6. The van der Waals surface area contributed by atoms with Crippen molar-refractivity contribution in [1.29, 1.82) is 0 Å². The van der Waals surface area contributed by atoms with Gasteiger partial charge in [0.1, 0.15) is 12.1 Å². The summed E-state index contributed by atoms with van der Waals surface area (Å²) in [6, 6.07) is -1.01. The average Bonchev–Trinajstić information content (AvgIpc) is 2.71. The molecule has 2 atom stereocenters. The van der Waals surface area contributed by atoms with E-state index in [1.807, 2.05) is 6.92 Å². The molecule has 1 N–H and O–H groups in total. The molecule has 1 saturated heterocycles. The van der Waals surface area contributed by atoms with E-state index >= 15 is 0 Å². The highest BCUT2D eigenvalue weighted by Crippen LogP contribution is 2.31. The van der Waals surface area contributed by atoms with Crippen molar-refractivity contribution in [1.82, 2.24) is 9.80 Å². The van der Waals surface area contributed by atoms with Crippen molar-refractivity contribution < 1.29 is 14.7 Å². The average molecular weight is 312 g/mol. The van der Waals surface area contributed by atoms with E-state index < -0.39 is 18.1 Å². The topological polar surface area (TPSA) is 60.9 Å². The predicted molar refractivity (Wildman–Crippen MR) is 83.9 cm³/mol. The van der Waals surface area contributed by atoms with Gasteiger partial charge in [-0.1, -0.05) is 32.6 Å². The van der Waals surface area contributed by atoms with Crippen molar-refractivity contribution in [2.24, 2.45) is 0 Å². The fourth-order valence-electron chi connectivity index (χ4n) is 3.40. The molecule has 0 bridgehead atoms. The SMILES string of the molecule is CCC[C@H]1C(=O)N(C2CCCCC2)C(=S)N1[C@@H](C)C(=O)O. The van der Waals surface area contributed by atoms with Gasteiger partial charge in [0.05, 0.1) is 0 Å². The van der Waals surface area contributed by atoms with Gasteiger partial charge in [-0.3, -0.25) is 9.69 Å². The fourth-order valence-corrected chi connectivity index (χ4v) is 3.92. The minimum Gasteiger partial charge on any atom is -0.480 e. The van der Waals surface area contributed by atoms with Crippen LogP contribution in [0.2, 0.25) is 0 Å². The quantitative estimate of drug-likeness (QED) is 0.790. The smallest absolute Gasteiger partial charge is 0.326 e. The maximum absolute atomic E-state index is 12.7. The van der Waals surface area contributed by atoms with Gasteiger partial charge in [0.25, 0.3) is 5.91 Å². The molecule has 1 heterocycles. The van der Waals surface area contributed by atoms with Crippen LogP contribution < -0.4 is 0 Å². The summed E-state index contributed by atoms with van der Waals surface area (Å²) in [6.07, 6.45) is 6.87. The van der Waals surface area contributed by atoms with Crippen LogP contribution in [0.5, 0.6) is 0 Å². The second-order valence-electron chi connectivity index (χ2n) is 6.01. The Labute approximate surface area is 131 Å². The number of thiocarbonyl (C=S) groups is 1. The number of carboxylic acid groups (broad SMARTS) is 1.